The van der Waals surface area contributed by atoms with Crippen molar-refractivity contribution in [2.45, 2.75) is 65.2 Å². The number of thiocarbonyl (C=S) groups is 1. The normalized spacial score (nSPS) is 12.8. The van der Waals surface area contributed by atoms with Crippen LogP contribution in [0.25, 0.3) is 0 Å². The van der Waals surface area contributed by atoms with E-state index >= 15 is 0 Å². The fourth-order valence-electron chi connectivity index (χ4n) is 1.89. The van der Waals surface area contributed by atoms with Gasteiger partial charge >= 0.3 is 12.1 Å². The monoisotopic (exact) mass is 401 g/mol. The lowest BCUT2D eigenvalue weighted by Crippen LogP contribution is -2.47. The maximum absolute atomic E-state index is 12.5. The van der Waals surface area contributed by atoms with Gasteiger partial charge in [0, 0.05) is 11.3 Å². The highest BCUT2D eigenvalue weighted by molar-refractivity contribution is 7.80. The van der Waals surface area contributed by atoms with Gasteiger partial charge in [0.05, 0.1) is 5.00 Å². The highest BCUT2D eigenvalue weighted by Crippen LogP contribution is 2.24. The van der Waals surface area contributed by atoms with E-state index in [-0.39, 0.29) is 11.5 Å². The summed E-state index contributed by atoms with van der Waals surface area (Å²) in [6.07, 6.45) is -0.413. The summed E-state index contributed by atoms with van der Waals surface area (Å²) < 4.78 is 10.7. The molecule has 9 heteroatoms. The summed E-state index contributed by atoms with van der Waals surface area (Å²) in [5, 5.41) is 6.35. The first-order valence-electron chi connectivity index (χ1n) is 8.13. The van der Waals surface area contributed by atoms with Gasteiger partial charge in [-0.25, -0.2) is 9.59 Å². The van der Waals surface area contributed by atoms with Crippen LogP contribution < -0.4 is 16.4 Å². The number of carbonyl (C=O) groups excluding carboxylic acids is 2. The van der Waals surface area contributed by atoms with Crippen LogP contribution in [0.3, 0.4) is 0 Å². The number of hydrogen-bond acceptors (Lipinski definition) is 6. The van der Waals surface area contributed by atoms with E-state index in [1.807, 2.05) is 6.07 Å². The molecule has 1 atom stereocenters. The second-order valence-electron chi connectivity index (χ2n) is 7.69. The van der Waals surface area contributed by atoms with Crippen molar-refractivity contribution >= 4 is 45.7 Å². The third kappa shape index (κ3) is 9.00. The van der Waals surface area contributed by atoms with Crippen LogP contribution in [0.1, 0.15) is 46.4 Å². The molecular formula is C17H27N3O4S2. The van der Waals surface area contributed by atoms with E-state index in [9.17, 15) is 9.59 Å². The molecule has 0 bridgehead atoms. The maximum Gasteiger partial charge on any atom is 0.408 e. The quantitative estimate of drug-likeness (QED) is 0.514. The molecule has 0 unspecified atom stereocenters. The van der Waals surface area contributed by atoms with Crippen LogP contribution >= 0.6 is 23.6 Å². The Labute approximate surface area is 163 Å². The molecule has 0 fully saturated rings. The minimum absolute atomic E-state index is 0.161. The number of carbonyl (C=O) groups is 2. The average molecular weight is 402 g/mol. The van der Waals surface area contributed by atoms with Gasteiger partial charge in [0.15, 0.2) is 5.11 Å². The number of alkyl carbamates (subject to hydrolysis) is 1. The number of ether oxygens (including phenoxy) is 2. The molecule has 26 heavy (non-hydrogen) atoms. The summed E-state index contributed by atoms with van der Waals surface area (Å²) in [5.74, 6) is -0.527. The zero-order valence-corrected chi connectivity index (χ0v) is 17.6. The molecule has 0 saturated carbocycles. The number of rotatable bonds is 5. The highest BCUT2D eigenvalue weighted by Gasteiger charge is 2.29. The standard InChI is InChI=1S/C17H27N3O4S2/c1-16(2,3)23-13(21)11(19-15(22)24-17(4,5)6)9-10-7-8-12(26-10)20-14(18)25/h7-8,11H,9H2,1-6H3,(H,19,22)(H3,18,20,25)/t11-/m0/s1. The van der Waals surface area contributed by atoms with Gasteiger partial charge in [-0.05, 0) is 65.9 Å². The molecule has 0 aliphatic heterocycles. The summed E-state index contributed by atoms with van der Waals surface area (Å²) in [5.41, 5.74) is 4.12. The van der Waals surface area contributed by atoms with E-state index in [1.54, 1.807) is 47.6 Å². The van der Waals surface area contributed by atoms with Crippen LogP contribution in [-0.4, -0.2) is 34.4 Å². The first kappa shape index (κ1) is 22.2. The van der Waals surface area contributed by atoms with Gasteiger partial charge in [0.1, 0.15) is 17.2 Å². The summed E-state index contributed by atoms with van der Waals surface area (Å²) in [6.45, 7) is 10.6. The molecule has 0 saturated heterocycles. The minimum Gasteiger partial charge on any atom is -0.458 e. The molecule has 1 aromatic heterocycles. The Morgan fingerprint density at radius 2 is 1.73 bits per heavy atom. The molecule has 4 N–H and O–H groups in total. The zero-order valence-electron chi connectivity index (χ0n) is 16.0. The minimum atomic E-state index is -0.875. The smallest absolute Gasteiger partial charge is 0.408 e. The number of anilines is 1. The SMILES string of the molecule is CC(C)(C)OC(=O)N[C@@H](Cc1ccc(NC(N)=S)s1)C(=O)OC(C)(C)C. The molecule has 0 aliphatic carbocycles. The van der Waals surface area contributed by atoms with E-state index in [0.29, 0.717) is 0 Å². The second-order valence-corrected chi connectivity index (χ2v) is 9.30. The lowest BCUT2D eigenvalue weighted by molar-refractivity contribution is -0.157. The van der Waals surface area contributed by atoms with Crippen LogP contribution in [0.2, 0.25) is 0 Å². The lowest BCUT2D eigenvalue weighted by Gasteiger charge is -2.26. The van der Waals surface area contributed by atoms with Gasteiger partial charge in [0.2, 0.25) is 0 Å². The Morgan fingerprint density at radius 3 is 2.23 bits per heavy atom. The number of nitrogens with one attached hydrogen (secondary N) is 2. The predicted octanol–water partition coefficient (Wildman–Crippen LogP) is 3.18. The first-order valence-corrected chi connectivity index (χ1v) is 9.35. The van der Waals surface area contributed by atoms with Crippen molar-refractivity contribution < 1.29 is 19.1 Å². The maximum atomic E-state index is 12.5. The molecule has 0 aromatic carbocycles. The van der Waals surface area contributed by atoms with Crippen LogP contribution in [0.15, 0.2) is 12.1 Å². The van der Waals surface area contributed by atoms with Gasteiger partial charge in [-0.15, -0.1) is 11.3 Å². The summed E-state index contributed by atoms with van der Waals surface area (Å²) in [4.78, 5) is 25.5. The fraction of sp³-hybridized carbons (Fsp3) is 0.588. The van der Waals surface area contributed by atoms with Gasteiger partial charge in [-0.1, -0.05) is 0 Å². The third-order valence-corrected chi connectivity index (χ3v) is 3.82. The van der Waals surface area contributed by atoms with E-state index in [4.69, 9.17) is 27.4 Å². The van der Waals surface area contributed by atoms with Crippen LogP contribution in [-0.2, 0) is 20.7 Å². The number of amides is 1. The molecule has 146 valence electrons. The van der Waals surface area contributed by atoms with Crippen molar-refractivity contribution in [3.63, 3.8) is 0 Å². The molecule has 1 rings (SSSR count). The Morgan fingerprint density at radius 1 is 1.15 bits per heavy atom. The van der Waals surface area contributed by atoms with E-state index < -0.39 is 29.3 Å². The Hall–Kier alpha value is -1.87. The summed E-state index contributed by atoms with van der Waals surface area (Å²) in [7, 11) is 0. The molecular weight excluding hydrogens is 374 g/mol. The van der Waals surface area contributed by atoms with Gasteiger partial charge in [-0.3, -0.25) is 0 Å². The molecule has 0 radical (unpaired) electrons. The van der Waals surface area contributed by atoms with Crippen molar-refractivity contribution in [3.05, 3.63) is 17.0 Å². The topological polar surface area (TPSA) is 103 Å². The van der Waals surface area contributed by atoms with Crippen molar-refractivity contribution in [1.29, 1.82) is 0 Å². The summed E-state index contributed by atoms with van der Waals surface area (Å²) in [6, 6.07) is 2.76. The summed E-state index contributed by atoms with van der Waals surface area (Å²) >= 11 is 6.20. The van der Waals surface area contributed by atoms with Gasteiger partial charge in [0.25, 0.3) is 0 Å². The predicted molar refractivity (Wildman–Crippen MR) is 107 cm³/mol. The first-order chi connectivity index (χ1) is 11.7. The van der Waals surface area contributed by atoms with E-state index in [0.717, 1.165) is 9.88 Å². The van der Waals surface area contributed by atoms with Crippen molar-refractivity contribution in [3.8, 4) is 0 Å². The highest BCUT2D eigenvalue weighted by atomic mass is 32.1. The number of esters is 1. The molecule has 7 nitrogen and oxygen atoms in total. The third-order valence-electron chi connectivity index (χ3n) is 2.70. The Balaban J connectivity index is 2.89. The fourth-order valence-corrected chi connectivity index (χ4v) is 3.03. The second kappa shape index (κ2) is 8.68. The molecule has 0 spiro atoms. The van der Waals surface area contributed by atoms with Gasteiger partial charge < -0.3 is 25.8 Å². The van der Waals surface area contributed by atoms with Crippen molar-refractivity contribution in [1.82, 2.24) is 5.32 Å². The Bertz CT molecular complexity index is 660. The van der Waals surface area contributed by atoms with Crippen molar-refractivity contribution in [2.75, 3.05) is 5.32 Å². The largest absolute Gasteiger partial charge is 0.458 e. The van der Waals surface area contributed by atoms with Crippen LogP contribution in [0, 0.1) is 0 Å². The van der Waals surface area contributed by atoms with Gasteiger partial charge in [-0.2, -0.15) is 0 Å². The number of nitrogens with two attached hydrogens (primary N) is 1. The average Bonchev–Trinajstić information content (AvgIpc) is 2.80. The lowest BCUT2D eigenvalue weighted by atomic mass is 10.1. The molecule has 1 heterocycles. The number of thiophene rings is 1. The number of hydrogen-bond donors (Lipinski definition) is 3. The van der Waals surface area contributed by atoms with Crippen LogP contribution in [0.5, 0.6) is 0 Å². The van der Waals surface area contributed by atoms with E-state index in [1.165, 1.54) is 11.3 Å². The molecule has 1 aromatic rings. The Kier molecular flexibility index (Phi) is 7.40. The van der Waals surface area contributed by atoms with Crippen molar-refractivity contribution in [2.24, 2.45) is 5.73 Å². The molecule has 1 amide bonds. The van der Waals surface area contributed by atoms with E-state index in [2.05, 4.69) is 10.6 Å². The molecule has 0 aliphatic rings. The van der Waals surface area contributed by atoms with Crippen LogP contribution in [0.4, 0.5) is 9.80 Å². The zero-order chi connectivity index (χ0) is 20.1.